The van der Waals surface area contributed by atoms with Gasteiger partial charge >= 0.3 is 0 Å². The van der Waals surface area contributed by atoms with Gasteiger partial charge in [-0.15, -0.1) is 0 Å². The Morgan fingerprint density at radius 3 is 2.53 bits per heavy atom. The standard InChI is InChI=1S/C14H15ClN4/c1-18-7-3-5-12(18)10-9-11(17-14(15)16-10)13-6-4-8-19(13)2/h3-10H,1-2H3,(H,16,17). The van der Waals surface area contributed by atoms with E-state index in [0.29, 0.717) is 5.29 Å². The first-order valence-electron chi connectivity index (χ1n) is 6.10. The maximum absolute atomic E-state index is 6.12. The lowest BCUT2D eigenvalue weighted by Crippen LogP contribution is -2.23. The number of nitrogens with one attached hydrogen (secondary N) is 1. The SMILES string of the molecule is Cn1cccc1C1=CC(c2cccn2C)N=C(Cl)N1. The molecule has 1 unspecified atom stereocenters. The molecule has 0 amide bonds. The lowest BCUT2D eigenvalue weighted by atomic mass is 10.1. The molecule has 2 aromatic rings. The zero-order chi connectivity index (χ0) is 13.4. The van der Waals surface area contributed by atoms with E-state index in [2.05, 4.69) is 37.7 Å². The van der Waals surface area contributed by atoms with Crippen molar-refractivity contribution in [1.29, 1.82) is 0 Å². The van der Waals surface area contributed by atoms with Gasteiger partial charge in [0.05, 0.1) is 11.4 Å². The normalized spacial score (nSPS) is 18.8. The minimum Gasteiger partial charge on any atom is -0.352 e. The predicted octanol–water partition coefficient (Wildman–Crippen LogP) is 2.64. The maximum atomic E-state index is 6.12. The van der Waals surface area contributed by atoms with E-state index >= 15 is 0 Å². The first kappa shape index (κ1) is 12.1. The van der Waals surface area contributed by atoms with Gasteiger partial charge in [-0.25, -0.2) is 4.99 Å². The van der Waals surface area contributed by atoms with E-state index < -0.39 is 0 Å². The van der Waals surface area contributed by atoms with Gasteiger partial charge < -0.3 is 14.5 Å². The van der Waals surface area contributed by atoms with Crippen LogP contribution in [0.5, 0.6) is 0 Å². The van der Waals surface area contributed by atoms with Crippen LogP contribution in [-0.4, -0.2) is 14.4 Å². The van der Waals surface area contributed by atoms with Gasteiger partial charge in [-0.2, -0.15) is 0 Å². The number of aliphatic imine (C=N–C) groups is 1. The van der Waals surface area contributed by atoms with Crippen molar-refractivity contribution < 1.29 is 0 Å². The van der Waals surface area contributed by atoms with Crippen molar-refractivity contribution in [2.75, 3.05) is 0 Å². The fourth-order valence-corrected chi connectivity index (χ4v) is 2.53. The smallest absolute Gasteiger partial charge is 0.196 e. The highest BCUT2D eigenvalue weighted by molar-refractivity contribution is 6.65. The van der Waals surface area contributed by atoms with Crippen molar-refractivity contribution >= 4 is 22.6 Å². The summed E-state index contributed by atoms with van der Waals surface area (Å²) in [7, 11) is 4.02. The summed E-state index contributed by atoms with van der Waals surface area (Å²) in [5, 5.41) is 3.54. The van der Waals surface area contributed by atoms with Gasteiger partial charge in [-0.1, -0.05) is 0 Å². The first-order chi connectivity index (χ1) is 9.15. The molecule has 19 heavy (non-hydrogen) atoms. The van der Waals surface area contributed by atoms with Crippen LogP contribution in [0.2, 0.25) is 0 Å². The van der Waals surface area contributed by atoms with Gasteiger partial charge in [0.1, 0.15) is 6.04 Å². The van der Waals surface area contributed by atoms with E-state index in [1.54, 1.807) is 0 Å². The third-order valence-electron chi connectivity index (χ3n) is 3.32. The molecule has 0 radical (unpaired) electrons. The van der Waals surface area contributed by atoms with E-state index in [9.17, 15) is 0 Å². The molecule has 3 rings (SSSR count). The third-order valence-corrected chi connectivity index (χ3v) is 3.51. The Morgan fingerprint density at radius 1 is 1.16 bits per heavy atom. The zero-order valence-corrected chi connectivity index (χ0v) is 11.6. The number of halogens is 1. The fraction of sp³-hybridized carbons (Fsp3) is 0.214. The molecule has 0 spiro atoms. The highest BCUT2D eigenvalue weighted by Crippen LogP contribution is 2.27. The summed E-state index contributed by atoms with van der Waals surface area (Å²) in [5.74, 6) is 0. The molecule has 4 nitrogen and oxygen atoms in total. The second-order valence-corrected chi connectivity index (χ2v) is 4.98. The van der Waals surface area contributed by atoms with Gasteiger partial charge in [0.15, 0.2) is 5.29 Å². The maximum Gasteiger partial charge on any atom is 0.196 e. The van der Waals surface area contributed by atoms with E-state index in [1.807, 2.05) is 38.6 Å². The average Bonchev–Trinajstić information content (AvgIpc) is 2.97. The Bertz CT molecular complexity index is 663. The molecule has 0 saturated carbocycles. The van der Waals surface area contributed by atoms with E-state index in [-0.39, 0.29) is 6.04 Å². The number of amidine groups is 1. The molecular weight excluding hydrogens is 260 g/mol. The Morgan fingerprint density at radius 2 is 1.89 bits per heavy atom. The van der Waals surface area contributed by atoms with Gasteiger partial charge in [0.2, 0.25) is 0 Å². The summed E-state index contributed by atoms with van der Waals surface area (Å²) in [6.07, 6.45) is 6.11. The van der Waals surface area contributed by atoms with Crippen LogP contribution >= 0.6 is 11.6 Å². The predicted molar refractivity (Wildman–Crippen MR) is 78.0 cm³/mol. The number of hydrogen-bond donors (Lipinski definition) is 1. The van der Waals surface area contributed by atoms with Crippen LogP contribution in [0.3, 0.4) is 0 Å². The van der Waals surface area contributed by atoms with Crippen LogP contribution in [0.1, 0.15) is 17.4 Å². The largest absolute Gasteiger partial charge is 0.352 e. The van der Waals surface area contributed by atoms with E-state index in [1.165, 1.54) is 0 Å². The number of aryl methyl sites for hydroxylation is 2. The van der Waals surface area contributed by atoms with Crippen LogP contribution in [0.4, 0.5) is 0 Å². The molecule has 98 valence electrons. The van der Waals surface area contributed by atoms with Gasteiger partial charge in [0.25, 0.3) is 0 Å². The molecule has 2 aromatic heterocycles. The second kappa shape index (κ2) is 4.63. The topological polar surface area (TPSA) is 34.2 Å². The van der Waals surface area contributed by atoms with Crippen LogP contribution in [-0.2, 0) is 14.1 Å². The number of rotatable bonds is 2. The number of aromatic nitrogens is 2. The van der Waals surface area contributed by atoms with Gasteiger partial charge in [-0.05, 0) is 41.9 Å². The molecule has 0 bridgehead atoms. The van der Waals surface area contributed by atoms with E-state index in [0.717, 1.165) is 17.1 Å². The molecule has 1 aliphatic heterocycles. The number of nitrogens with zero attached hydrogens (tertiary/aromatic N) is 3. The van der Waals surface area contributed by atoms with Crippen molar-refractivity contribution in [3.8, 4) is 0 Å². The minimum absolute atomic E-state index is 0.0568. The molecule has 0 aliphatic carbocycles. The molecule has 1 aliphatic rings. The summed E-state index contributed by atoms with van der Waals surface area (Å²) < 4.78 is 4.11. The quantitative estimate of drug-likeness (QED) is 0.840. The molecule has 5 heteroatoms. The summed E-state index contributed by atoms with van der Waals surface area (Å²) in [4.78, 5) is 4.44. The Labute approximate surface area is 117 Å². The summed E-state index contributed by atoms with van der Waals surface area (Å²) >= 11 is 6.12. The van der Waals surface area contributed by atoms with Crippen molar-refractivity contribution in [1.82, 2.24) is 14.5 Å². The van der Waals surface area contributed by atoms with Crippen LogP contribution in [0.25, 0.3) is 5.70 Å². The van der Waals surface area contributed by atoms with Crippen LogP contribution < -0.4 is 5.32 Å². The van der Waals surface area contributed by atoms with Crippen molar-refractivity contribution in [3.05, 3.63) is 54.1 Å². The summed E-state index contributed by atoms with van der Waals surface area (Å²) in [6.45, 7) is 0. The summed E-state index contributed by atoms with van der Waals surface area (Å²) in [5.41, 5.74) is 3.19. The van der Waals surface area contributed by atoms with Crippen LogP contribution in [0.15, 0.2) is 47.7 Å². The molecule has 1 atom stereocenters. The zero-order valence-electron chi connectivity index (χ0n) is 10.8. The molecule has 0 saturated heterocycles. The third kappa shape index (κ3) is 2.19. The molecule has 0 aromatic carbocycles. The van der Waals surface area contributed by atoms with Gasteiger partial charge in [0, 0.05) is 32.2 Å². The Balaban J connectivity index is 2.02. The second-order valence-electron chi connectivity index (χ2n) is 4.62. The minimum atomic E-state index is -0.0568. The van der Waals surface area contributed by atoms with Crippen molar-refractivity contribution in [2.45, 2.75) is 6.04 Å². The molecule has 1 N–H and O–H groups in total. The Hall–Kier alpha value is -1.94. The molecular formula is C14H15ClN4. The fourth-order valence-electron chi connectivity index (χ4n) is 2.33. The van der Waals surface area contributed by atoms with Crippen LogP contribution in [0, 0.1) is 0 Å². The average molecular weight is 275 g/mol. The lowest BCUT2D eigenvalue weighted by molar-refractivity contribution is 0.756. The monoisotopic (exact) mass is 274 g/mol. The van der Waals surface area contributed by atoms with E-state index in [4.69, 9.17) is 11.6 Å². The van der Waals surface area contributed by atoms with Crippen molar-refractivity contribution in [2.24, 2.45) is 19.1 Å². The number of hydrogen-bond acceptors (Lipinski definition) is 2. The van der Waals surface area contributed by atoms with Gasteiger partial charge in [-0.3, -0.25) is 0 Å². The van der Waals surface area contributed by atoms with Crippen molar-refractivity contribution in [3.63, 3.8) is 0 Å². The first-order valence-corrected chi connectivity index (χ1v) is 6.48. The highest BCUT2D eigenvalue weighted by Gasteiger charge is 2.19. The highest BCUT2D eigenvalue weighted by atomic mass is 35.5. The molecule has 0 fully saturated rings. The lowest BCUT2D eigenvalue weighted by Gasteiger charge is -2.20. The summed E-state index contributed by atoms with van der Waals surface area (Å²) in [6, 6.07) is 8.07. The Kier molecular flexibility index (Phi) is 2.95. The molecule has 3 heterocycles.